The number of hydrogen-bond acceptors (Lipinski definition) is 3. The molecule has 1 unspecified atom stereocenters. The Labute approximate surface area is 107 Å². The van der Waals surface area contributed by atoms with Crippen molar-refractivity contribution in [1.82, 2.24) is 9.62 Å². The number of sulfonamides is 1. The van der Waals surface area contributed by atoms with Crippen molar-refractivity contribution in [3.05, 3.63) is 0 Å². The number of nitrogens with zero attached hydrogens (tertiary/aromatic N) is 1. The average Bonchev–Trinajstić information content (AvgIpc) is 2.29. The molecule has 0 aliphatic carbocycles. The molecule has 0 aromatic rings. The summed E-state index contributed by atoms with van der Waals surface area (Å²) in [5.41, 5.74) is 0. The fourth-order valence-corrected chi connectivity index (χ4v) is 2.93. The molecule has 0 heterocycles. The summed E-state index contributed by atoms with van der Waals surface area (Å²) in [5, 5.41) is 2.81. The van der Waals surface area contributed by atoms with Gasteiger partial charge >= 0.3 is 0 Å². The monoisotopic (exact) mass is 264 g/mol. The SMILES string of the molecule is CCCCCN(C)S(=O)(=O)C(C)CNCCC. The minimum absolute atomic E-state index is 0.347. The second-order valence-corrected chi connectivity index (χ2v) is 7.05. The fraction of sp³-hybridized carbons (Fsp3) is 1.00. The van der Waals surface area contributed by atoms with Crippen LogP contribution in [0.5, 0.6) is 0 Å². The number of nitrogens with one attached hydrogen (secondary N) is 1. The van der Waals surface area contributed by atoms with Gasteiger partial charge in [-0.1, -0.05) is 26.7 Å². The molecule has 1 atom stereocenters. The number of rotatable bonds is 10. The molecule has 0 aromatic heterocycles. The third-order valence-electron chi connectivity index (χ3n) is 2.88. The summed E-state index contributed by atoms with van der Waals surface area (Å²) in [6, 6.07) is 0. The molecule has 0 aliphatic heterocycles. The van der Waals surface area contributed by atoms with E-state index in [4.69, 9.17) is 0 Å². The lowest BCUT2D eigenvalue weighted by atomic mass is 10.2. The molecule has 5 heteroatoms. The number of unbranched alkanes of at least 4 members (excludes halogenated alkanes) is 2. The summed E-state index contributed by atoms with van der Waals surface area (Å²) in [7, 11) is -1.45. The molecule has 0 rings (SSSR count). The maximum Gasteiger partial charge on any atom is 0.217 e. The van der Waals surface area contributed by atoms with Gasteiger partial charge in [0.2, 0.25) is 10.0 Å². The van der Waals surface area contributed by atoms with Crippen molar-refractivity contribution in [2.75, 3.05) is 26.7 Å². The van der Waals surface area contributed by atoms with Crippen LogP contribution in [0.2, 0.25) is 0 Å². The van der Waals surface area contributed by atoms with Crippen LogP contribution in [0.15, 0.2) is 0 Å². The molecule has 0 aliphatic rings. The lowest BCUT2D eigenvalue weighted by Gasteiger charge is -2.22. The molecule has 0 saturated heterocycles. The quantitative estimate of drug-likeness (QED) is 0.612. The summed E-state index contributed by atoms with van der Waals surface area (Å²) >= 11 is 0. The zero-order chi connectivity index (χ0) is 13.3. The minimum atomic E-state index is -3.13. The van der Waals surface area contributed by atoms with Gasteiger partial charge < -0.3 is 5.32 Å². The van der Waals surface area contributed by atoms with Crippen molar-refractivity contribution in [1.29, 1.82) is 0 Å². The highest BCUT2D eigenvalue weighted by Gasteiger charge is 2.24. The van der Waals surface area contributed by atoms with E-state index in [2.05, 4.69) is 19.2 Å². The molecule has 0 spiro atoms. The molecule has 17 heavy (non-hydrogen) atoms. The molecule has 0 bridgehead atoms. The topological polar surface area (TPSA) is 49.4 Å². The molecule has 0 amide bonds. The first-order chi connectivity index (χ1) is 7.96. The van der Waals surface area contributed by atoms with Gasteiger partial charge in [0.15, 0.2) is 0 Å². The zero-order valence-electron chi connectivity index (χ0n) is 11.7. The summed E-state index contributed by atoms with van der Waals surface area (Å²) in [6.07, 6.45) is 4.17. The molecule has 0 radical (unpaired) electrons. The largest absolute Gasteiger partial charge is 0.315 e. The fourth-order valence-electron chi connectivity index (χ4n) is 1.61. The van der Waals surface area contributed by atoms with Gasteiger partial charge in [-0.05, 0) is 26.3 Å². The van der Waals surface area contributed by atoms with Gasteiger partial charge in [0, 0.05) is 20.1 Å². The standard InChI is InChI=1S/C12H28N2O2S/c1-5-7-8-10-14(4)17(15,16)12(3)11-13-9-6-2/h12-13H,5-11H2,1-4H3. The first-order valence-corrected chi connectivity index (χ1v) is 8.13. The highest BCUT2D eigenvalue weighted by molar-refractivity contribution is 7.89. The third kappa shape index (κ3) is 6.38. The Bertz CT molecular complexity index is 256. The van der Waals surface area contributed by atoms with Gasteiger partial charge in [-0.15, -0.1) is 0 Å². The highest BCUT2D eigenvalue weighted by Crippen LogP contribution is 2.08. The second kappa shape index (κ2) is 8.89. The summed E-state index contributed by atoms with van der Waals surface area (Å²) in [6.45, 7) is 8.01. The van der Waals surface area contributed by atoms with E-state index in [-0.39, 0.29) is 5.25 Å². The van der Waals surface area contributed by atoms with E-state index in [1.54, 1.807) is 14.0 Å². The van der Waals surface area contributed by atoms with Crippen LogP contribution in [-0.4, -0.2) is 44.7 Å². The maximum absolute atomic E-state index is 12.1. The predicted octanol–water partition coefficient (Wildman–Crippen LogP) is 1.83. The lowest BCUT2D eigenvalue weighted by molar-refractivity contribution is 0.443. The van der Waals surface area contributed by atoms with Crippen LogP contribution < -0.4 is 5.32 Å². The van der Waals surface area contributed by atoms with Gasteiger partial charge in [-0.3, -0.25) is 0 Å². The molecule has 0 fully saturated rings. The lowest BCUT2D eigenvalue weighted by Crippen LogP contribution is -2.40. The van der Waals surface area contributed by atoms with Crippen molar-refractivity contribution in [2.45, 2.75) is 51.7 Å². The highest BCUT2D eigenvalue weighted by atomic mass is 32.2. The number of hydrogen-bond donors (Lipinski definition) is 1. The van der Waals surface area contributed by atoms with E-state index in [0.717, 1.165) is 32.2 Å². The molecule has 0 saturated carbocycles. The smallest absolute Gasteiger partial charge is 0.217 e. The van der Waals surface area contributed by atoms with Crippen molar-refractivity contribution in [3.63, 3.8) is 0 Å². The Hall–Kier alpha value is -0.130. The van der Waals surface area contributed by atoms with E-state index >= 15 is 0 Å². The first kappa shape index (κ1) is 16.9. The van der Waals surface area contributed by atoms with Crippen molar-refractivity contribution in [2.24, 2.45) is 0 Å². The van der Waals surface area contributed by atoms with E-state index in [9.17, 15) is 8.42 Å². The van der Waals surface area contributed by atoms with Crippen LogP contribution in [0.1, 0.15) is 46.5 Å². The summed E-state index contributed by atoms with van der Waals surface area (Å²) in [4.78, 5) is 0. The molecular formula is C12H28N2O2S. The van der Waals surface area contributed by atoms with Gasteiger partial charge in [0.25, 0.3) is 0 Å². The third-order valence-corrected chi connectivity index (χ3v) is 5.11. The van der Waals surface area contributed by atoms with E-state index in [0.29, 0.717) is 13.1 Å². The first-order valence-electron chi connectivity index (χ1n) is 6.62. The van der Waals surface area contributed by atoms with Crippen LogP contribution in [-0.2, 0) is 10.0 Å². The molecule has 104 valence electrons. The second-order valence-electron chi connectivity index (χ2n) is 4.59. The average molecular weight is 264 g/mol. The Balaban J connectivity index is 4.14. The zero-order valence-corrected chi connectivity index (χ0v) is 12.5. The van der Waals surface area contributed by atoms with Gasteiger partial charge in [0.05, 0.1) is 5.25 Å². The van der Waals surface area contributed by atoms with Crippen molar-refractivity contribution in [3.8, 4) is 0 Å². The Kier molecular flexibility index (Phi) is 8.82. The Morgan fingerprint density at radius 2 is 1.82 bits per heavy atom. The normalized spacial score (nSPS) is 14.2. The molecule has 4 nitrogen and oxygen atoms in total. The van der Waals surface area contributed by atoms with Gasteiger partial charge in [-0.25, -0.2) is 12.7 Å². The summed E-state index contributed by atoms with van der Waals surface area (Å²) in [5.74, 6) is 0. The molecular weight excluding hydrogens is 236 g/mol. The van der Waals surface area contributed by atoms with Gasteiger partial charge in [0.1, 0.15) is 0 Å². The van der Waals surface area contributed by atoms with Crippen LogP contribution in [0.4, 0.5) is 0 Å². The van der Waals surface area contributed by atoms with Crippen molar-refractivity contribution < 1.29 is 8.42 Å². The van der Waals surface area contributed by atoms with E-state index in [1.165, 1.54) is 4.31 Å². The van der Waals surface area contributed by atoms with Crippen LogP contribution in [0.3, 0.4) is 0 Å². The minimum Gasteiger partial charge on any atom is -0.315 e. The van der Waals surface area contributed by atoms with E-state index < -0.39 is 10.0 Å². The van der Waals surface area contributed by atoms with Crippen LogP contribution in [0.25, 0.3) is 0 Å². The maximum atomic E-state index is 12.1. The molecule has 0 aromatic carbocycles. The van der Waals surface area contributed by atoms with Crippen molar-refractivity contribution >= 4 is 10.0 Å². The molecule has 1 N–H and O–H groups in total. The van der Waals surface area contributed by atoms with Crippen LogP contribution in [0, 0.1) is 0 Å². The van der Waals surface area contributed by atoms with E-state index in [1.807, 2.05) is 0 Å². The summed E-state index contributed by atoms with van der Waals surface area (Å²) < 4.78 is 25.7. The predicted molar refractivity (Wildman–Crippen MR) is 73.7 cm³/mol. The van der Waals surface area contributed by atoms with Gasteiger partial charge in [-0.2, -0.15) is 0 Å². The Morgan fingerprint density at radius 1 is 1.18 bits per heavy atom. The van der Waals surface area contributed by atoms with Crippen LogP contribution >= 0.6 is 0 Å². The Morgan fingerprint density at radius 3 is 2.35 bits per heavy atom.